The lowest BCUT2D eigenvalue weighted by Crippen LogP contribution is -3.02. The van der Waals surface area contributed by atoms with Crippen LogP contribution in [-0.2, 0) is 0 Å². The molecule has 1 saturated heterocycles. The van der Waals surface area contributed by atoms with Crippen LogP contribution in [-0.4, -0.2) is 85.3 Å². The van der Waals surface area contributed by atoms with Gasteiger partial charge < -0.3 is 0 Å². The Balaban J connectivity index is 4.70. The minimum absolute atomic E-state index is 1.27. The summed E-state index contributed by atoms with van der Waals surface area (Å²) < 4.78 is 0. The van der Waals surface area contributed by atoms with Gasteiger partial charge in [0.05, 0.1) is 0 Å². The quantitative estimate of drug-likeness (QED) is 0.233. The summed E-state index contributed by atoms with van der Waals surface area (Å²) in [5.41, 5.74) is 0. The summed E-state index contributed by atoms with van der Waals surface area (Å²) in [5, 5.41) is 0. The topological polar surface area (TPSA) is 0 Å². The second kappa shape index (κ2) is 9.05. The maximum Gasteiger partial charge on any atom is 0.0313 e. The first-order valence-electron chi connectivity index (χ1n) is 15.0. The smallest absolute Gasteiger partial charge is 0.0313 e. The maximum atomic E-state index is 3.27. The van der Waals surface area contributed by atoms with E-state index < -0.39 is 85.3 Å². The Morgan fingerprint density at radius 3 is 0.750 bits per heavy atom. The molecule has 0 spiro atoms. The number of hydrogen-bond acceptors (Lipinski definition) is 0. The molecule has 1 unspecified atom stereocenters. The third kappa shape index (κ3) is 3.79. The summed E-state index contributed by atoms with van der Waals surface area (Å²) in [4.78, 5) is 0. The molecule has 1 rings (SSSR count). The fourth-order valence-electron chi connectivity index (χ4n) is 16.0. The first-order chi connectivity index (χ1) is 15.0. The van der Waals surface area contributed by atoms with Crippen molar-refractivity contribution in [3.63, 3.8) is 0 Å². The molecular formula is C24H72Si12. The van der Waals surface area contributed by atoms with Gasteiger partial charge >= 0.3 is 0 Å². The molecule has 0 aromatic heterocycles. The second-order valence-electron chi connectivity index (χ2n) is 20.4. The normalized spacial score (nSPS) is 27.3. The van der Waals surface area contributed by atoms with Crippen molar-refractivity contribution in [1.82, 2.24) is 0 Å². The fraction of sp³-hybridized carbons (Fsp3) is 1.00. The van der Waals surface area contributed by atoms with Crippen LogP contribution in [0, 0.1) is 0 Å². The van der Waals surface area contributed by atoms with Crippen molar-refractivity contribution in [2.75, 3.05) is 0 Å². The van der Waals surface area contributed by atoms with Crippen LogP contribution in [0.25, 0.3) is 0 Å². The zero-order valence-corrected chi connectivity index (χ0v) is 42.0. The summed E-state index contributed by atoms with van der Waals surface area (Å²) >= 11 is 0. The van der Waals surface area contributed by atoms with E-state index in [-0.39, 0.29) is 0 Å². The van der Waals surface area contributed by atoms with Crippen LogP contribution in [0.2, 0.25) is 157 Å². The second-order valence-corrected chi connectivity index (χ2v) is 169. The molecular weight excluding hydrogens is 625 g/mol. The highest BCUT2D eigenvalue weighted by molar-refractivity contribution is 8.38. The van der Waals surface area contributed by atoms with Crippen molar-refractivity contribution in [3.8, 4) is 0 Å². The van der Waals surface area contributed by atoms with E-state index in [0.717, 1.165) is 0 Å². The fourth-order valence-corrected chi connectivity index (χ4v) is 757. The van der Waals surface area contributed by atoms with Crippen LogP contribution in [0.5, 0.6) is 0 Å². The molecule has 0 aromatic carbocycles. The lowest BCUT2D eigenvalue weighted by Gasteiger charge is -2.72. The van der Waals surface area contributed by atoms with Crippen LogP contribution < -0.4 is 0 Å². The van der Waals surface area contributed by atoms with Crippen molar-refractivity contribution < 1.29 is 0 Å². The molecule has 1 fully saturated rings. The zero-order chi connectivity index (χ0) is 30.0. The molecule has 1 heterocycles. The standard InChI is InChI=1S/C24H72Si12/c1-25(2,3)35(26(4,5)6,27(7,8)9)32(20,21)34(24)30(16,17)31(18,19)36(28(10,11)12,29(13,14)15)33(34,22)23/h1-24H3. The van der Waals surface area contributed by atoms with Crippen LogP contribution in [0.3, 0.4) is 0 Å². The van der Waals surface area contributed by atoms with Gasteiger partial charge in [-0.3, -0.25) is 0 Å². The minimum atomic E-state index is -1.49. The number of hydrogen-bond donors (Lipinski definition) is 0. The first-order valence-corrected chi connectivity index (χ1v) is 63.0. The van der Waals surface area contributed by atoms with E-state index in [9.17, 15) is 0 Å². The first kappa shape index (κ1) is 36.6. The van der Waals surface area contributed by atoms with E-state index in [4.69, 9.17) is 0 Å². The van der Waals surface area contributed by atoms with Crippen molar-refractivity contribution in [3.05, 3.63) is 0 Å². The van der Waals surface area contributed by atoms with E-state index >= 15 is 0 Å². The summed E-state index contributed by atoms with van der Waals surface area (Å²) in [6, 6.07) is 0. The Hall–Kier alpha value is 2.60. The average molecular weight is 698 g/mol. The van der Waals surface area contributed by atoms with Gasteiger partial charge in [-0.1, -0.05) is 157 Å². The van der Waals surface area contributed by atoms with Gasteiger partial charge in [0.2, 0.25) is 0 Å². The highest BCUT2D eigenvalue weighted by Gasteiger charge is 2.90. The molecule has 36 heavy (non-hydrogen) atoms. The van der Waals surface area contributed by atoms with Gasteiger partial charge in [0.25, 0.3) is 0 Å². The van der Waals surface area contributed by atoms with Crippen molar-refractivity contribution in [2.45, 2.75) is 157 Å². The maximum absolute atomic E-state index is 3.27. The third-order valence-electron chi connectivity index (χ3n) is 13.8. The molecule has 216 valence electrons. The van der Waals surface area contributed by atoms with E-state index in [1.165, 1.54) is 0 Å². The highest BCUT2D eigenvalue weighted by Crippen LogP contribution is 2.62. The molecule has 0 amide bonds. The molecule has 1 aliphatic rings. The van der Waals surface area contributed by atoms with Crippen LogP contribution in [0.1, 0.15) is 0 Å². The number of rotatable bonds is 7. The average Bonchev–Trinajstić information content (AvgIpc) is 2.52. The lowest BCUT2D eigenvalue weighted by molar-refractivity contribution is 1.74. The molecule has 1 aliphatic heterocycles. The summed E-state index contributed by atoms with van der Waals surface area (Å²) in [5.74, 6) is 0. The van der Waals surface area contributed by atoms with Gasteiger partial charge in [-0.15, -0.1) is 0 Å². The van der Waals surface area contributed by atoms with Gasteiger partial charge in [-0.05, 0) is 0 Å². The van der Waals surface area contributed by atoms with Crippen molar-refractivity contribution in [1.29, 1.82) is 0 Å². The van der Waals surface area contributed by atoms with Crippen LogP contribution >= 0.6 is 0 Å². The predicted octanol–water partition coefficient (Wildman–Crippen LogP) is 9.44. The Bertz CT molecular complexity index is 804. The van der Waals surface area contributed by atoms with E-state index in [0.29, 0.717) is 0 Å². The van der Waals surface area contributed by atoms with Crippen LogP contribution in [0.15, 0.2) is 0 Å². The highest BCUT2D eigenvalue weighted by atomic mass is 30.5. The van der Waals surface area contributed by atoms with Gasteiger partial charge in [-0.2, -0.15) is 0 Å². The predicted molar refractivity (Wildman–Crippen MR) is 210 cm³/mol. The molecule has 0 saturated carbocycles. The summed E-state index contributed by atoms with van der Waals surface area (Å²) in [7, 11) is -12.1. The Kier molecular flexibility index (Phi) is 9.21. The molecule has 0 bridgehead atoms. The van der Waals surface area contributed by atoms with Crippen molar-refractivity contribution >= 4 is 85.3 Å². The largest absolute Gasteiger partial charge is 0.0753 e. The van der Waals surface area contributed by atoms with Crippen molar-refractivity contribution in [2.24, 2.45) is 0 Å². The van der Waals surface area contributed by atoms with Gasteiger partial charge in [0.15, 0.2) is 0 Å². The Labute approximate surface area is 240 Å². The summed E-state index contributed by atoms with van der Waals surface area (Å²) in [6.07, 6.45) is -2.77. The summed E-state index contributed by atoms with van der Waals surface area (Å²) in [6.45, 7) is 71.2. The van der Waals surface area contributed by atoms with Crippen LogP contribution in [0.4, 0.5) is 0 Å². The molecule has 0 nitrogen and oxygen atoms in total. The molecule has 0 aromatic rings. The molecule has 0 radical (unpaired) electrons. The minimum Gasteiger partial charge on any atom is -0.0753 e. The van der Waals surface area contributed by atoms with Gasteiger partial charge in [-0.25, -0.2) is 0 Å². The van der Waals surface area contributed by atoms with E-state index in [1.54, 1.807) is 0 Å². The Morgan fingerprint density at radius 2 is 0.583 bits per heavy atom. The van der Waals surface area contributed by atoms with Gasteiger partial charge in [0.1, 0.15) is 0 Å². The third-order valence-corrected chi connectivity index (χ3v) is 380. The van der Waals surface area contributed by atoms with E-state index in [2.05, 4.69) is 157 Å². The monoisotopic (exact) mass is 696 g/mol. The molecule has 0 N–H and O–H groups in total. The van der Waals surface area contributed by atoms with Gasteiger partial charge in [0, 0.05) is 85.3 Å². The molecule has 12 heteroatoms. The molecule has 1 atom stereocenters. The Morgan fingerprint density at radius 1 is 0.333 bits per heavy atom. The lowest BCUT2D eigenvalue weighted by atomic mass is 11.8. The zero-order valence-electron chi connectivity index (χ0n) is 30.0. The SMILES string of the molecule is C[Si](C)(C)[Si]([Si](C)(C)C)([Si](C)(C)C)[Si](C)(C)[Si]1(C)[Si](C)(C)[Si](C)(C)[Si]([Si](C)(C)C)([Si](C)(C)C)[Si]1(C)C. The molecule has 0 aliphatic carbocycles. The van der Waals surface area contributed by atoms with E-state index in [1.807, 2.05) is 0 Å².